The van der Waals surface area contributed by atoms with Gasteiger partial charge in [0, 0.05) is 29.1 Å². The van der Waals surface area contributed by atoms with E-state index in [0.29, 0.717) is 10.6 Å². The zero-order valence-corrected chi connectivity index (χ0v) is 17.2. The minimum Gasteiger partial charge on any atom is -0.857 e. The molecule has 0 saturated carbocycles. The number of nitrogens with zero attached hydrogens (tertiary/aromatic N) is 4. The van der Waals surface area contributed by atoms with Crippen LogP contribution in [-0.4, -0.2) is 16.2 Å². The van der Waals surface area contributed by atoms with Gasteiger partial charge >= 0.3 is 5.88 Å². The van der Waals surface area contributed by atoms with Crippen molar-refractivity contribution >= 4 is 39.0 Å². The van der Waals surface area contributed by atoms with E-state index < -0.39 is 5.90 Å². The minimum atomic E-state index is -0.445. The molecule has 5 rings (SSSR count). The molecule has 0 amide bonds. The molecule has 0 aliphatic heterocycles. The van der Waals surface area contributed by atoms with Crippen molar-refractivity contribution in [1.82, 2.24) is 10.3 Å². The first-order valence-corrected chi connectivity index (χ1v) is 10.9. The lowest BCUT2D eigenvalue weighted by Gasteiger charge is -2.12. The van der Waals surface area contributed by atoms with Gasteiger partial charge in [0.15, 0.2) is 0 Å². The first kappa shape index (κ1) is 18.7. The third-order valence-electron chi connectivity index (χ3n) is 5.38. The highest BCUT2D eigenvalue weighted by molar-refractivity contribution is 7.21. The van der Waals surface area contributed by atoms with E-state index in [1.165, 1.54) is 34.4 Å². The Hall–Kier alpha value is -3.26. The Morgan fingerprint density at radius 1 is 1.13 bits per heavy atom. The molecular formula is C22H21N5O2S. The molecule has 7 nitrogen and oxygen atoms in total. The van der Waals surface area contributed by atoms with Gasteiger partial charge < -0.3 is 10.8 Å². The molecule has 3 heterocycles. The van der Waals surface area contributed by atoms with E-state index in [0.717, 1.165) is 47.3 Å². The number of fused-ring (bicyclic) bond motifs is 2. The zero-order chi connectivity index (χ0) is 20.5. The molecule has 30 heavy (non-hydrogen) atoms. The number of benzene rings is 1. The van der Waals surface area contributed by atoms with Gasteiger partial charge in [0.2, 0.25) is 11.0 Å². The second-order valence-corrected chi connectivity index (χ2v) is 8.44. The number of hydrogen-bond acceptors (Lipinski definition) is 7. The van der Waals surface area contributed by atoms with Gasteiger partial charge in [-0.15, -0.1) is 11.3 Å². The number of hydrogen-bond donors (Lipinski definition) is 1. The van der Waals surface area contributed by atoms with Crippen molar-refractivity contribution in [1.29, 1.82) is 0 Å². The van der Waals surface area contributed by atoms with Crippen LogP contribution in [0, 0.1) is 0 Å². The van der Waals surface area contributed by atoms with Crippen molar-refractivity contribution in [2.75, 3.05) is 5.73 Å². The Labute approximate surface area is 177 Å². The van der Waals surface area contributed by atoms with Crippen LogP contribution in [0.3, 0.4) is 0 Å². The maximum Gasteiger partial charge on any atom is 0.321 e. The van der Waals surface area contributed by atoms with Crippen molar-refractivity contribution in [3.05, 3.63) is 58.7 Å². The molecule has 1 aliphatic carbocycles. The van der Waals surface area contributed by atoms with Crippen LogP contribution in [0.15, 0.2) is 52.1 Å². The Morgan fingerprint density at radius 3 is 2.77 bits per heavy atom. The number of pyridine rings is 1. The van der Waals surface area contributed by atoms with E-state index in [4.69, 9.17) is 15.2 Å². The van der Waals surface area contributed by atoms with E-state index >= 15 is 0 Å². The first-order chi connectivity index (χ1) is 14.7. The fourth-order valence-corrected chi connectivity index (χ4v) is 4.79. The summed E-state index contributed by atoms with van der Waals surface area (Å²) in [6.45, 7) is 0. The van der Waals surface area contributed by atoms with Gasteiger partial charge in [0.1, 0.15) is 4.83 Å². The molecule has 0 unspecified atom stereocenters. The lowest BCUT2D eigenvalue weighted by Crippen LogP contribution is -2.30. The molecule has 8 heteroatoms. The van der Waals surface area contributed by atoms with Crippen LogP contribution in [0.4, 0.5) is 11.6 Å². The molecule has 0 radical (unpaired) electrons. The Kier molecular flexibility index (Phi) is 4.92. The number of thiophene rings is 1. The van der Waals surface area contributed by atoms with Gasteiger partial charge in [-0.25, -0.2) is 9.98 Å². The molecule has 4 aromatic rings. The standard InChI is InChI=1S/C22H21N5O2S/c23-19-16-12-14-8-4-1-2-7-11-17(14)24-22(16)30-20(19)21(28)25-18-13-27(26-29-18)15-9-5-3-6-10-15/h3,5-6,9-10,12-13H,1-2,4,7-8,11H2,(H2-,23,25,26,28). The Bertz CT molecular complexity index is 1230. The Morgan fingerprint density at radius 2 is 1.93 bits per heavy atom. The zero-order valence-electron chi connectivity index (χ0n) is 16.4. The topological polar surface area (TPSA) is 104 Å². The summed E-state index contributed by atoms with van der Waals surface area (Å²) in [7, 11) is 0. The molecule has 2 N–H and O–H groups in total. The van der Waals surface area contributed by atoms with Crippen molar-refractivity contribution in [2.45, 2.75) is 38.5 Å². The molecule has 0 saturated heterocycles. The van der Waals surface area contributed by atoms with Gasteiger partial charge in [0.05, 0.1) is 10.6 Å². The van der Waals surface area contributed by atoms with Crippen LogP contribution in [0.2, 0.25) is 0 Å². The summed E-state index contributed by atoms with van der Waals surface area (Å²) in [5, 5.41) is 17.6. The van der Waals surface area contributed by atoms with Crippen molar-refractivity contribution < 1.29 is 14.3 Å². The average Bonchev–Trinajstić information content (AvgIpc) is 3.33. The van der Waals surface area contributed by atoms with Gasteiger partial charge in [-0.05, 0) is 42.0 Å². The number of anilines is 1. The average molecular weight is 420 g/mol. The second kappa shape index (κ2) is 7.87. The molecule has 0 spiro atoms. The molecule has 0 fully saturated rings. The van der Waals surface area contributed by atoms with Crippen molar-refractivity contribution in [3.63, 3.8) is 0 Å². The summed E-state index contributed by atoms with van der Waals surface area (Å²) in [5.74, 6) is -0.319. The van der Waals surface area contributed by atoms with Crippen LogP contribution in [0.5, 0.6) is 0 Å². The van der Waals surface area contributed by atoms with Crippen molar-refractivity contribution in [3.8, 4) is 5.69 Å². The maximum absolute atomic E-state index is 12.8. The third-order valence-corrected chi connectivity index (χ3v) is 6.48. The fourth-order valence-electron chi connectivity index (χ4n) is 3.81. The smallest absolute Gasteiger partial charge is 0.321 e. The summed E-state index contributed by atoms with van der Waals surface area (Å²) in [5.41, 5.74) is 9.98. The summed E-state index contributed by atoms with van der Waals surface area (Å²) < 4.78 is 6.74. The molecule has 1 aliphatic rings. The number of aromatic nitrogens is 3. The van der Waals surface area contributed by atoms with Crippen LogP contribution >= 0.6 is 11.3 Å². The molecule has 0 atom stereocenters. The number of nitrogens with two attached hydrogens (primary N) is 1. The highest BCUT2D eigenvalue weighted by Gasteiger charge is 2.17. The molecule has 152 valence electrons. The highest BCUT2D eigenvalue weighted by atomic mass is 32.1. The minimum absolute atomic E-state index is 0.126. The second-order valence-electron chi connectivity index (χ2n) is 7.44. The van der Waals surface area contributed by atoms with Gasteiger partial charge in [0.25, 0.3) is 6.20 Å². The monoisotopic (exact) mass is 419 g/mol. The van der Waals surface area contributed by atoms with Crippen LogP contribution in [0.25, 0.3) is 15.9 Å². The predicted molar refractivity (Wildman–Crippen MR) is 114 cm³/mol. The highest BCUT2D eigenvalue weighted by Crippen LogP contribution is 2.35. The lowest BCUT2D eigenvalue weighted by molar-refractivity contribution is -0.670. The summed E-state index contributed by atoms with van der Waals surface area (Å²) in [4.78, 5) is 10.1. The molecule has 0 bridgehead atoms. The van der Waals surface area contributed by atoms with Gasteiger partial charge in [-0.1, -0.05) is 31.0 Å². The molecule has 1 aromatic carbocycles. The van der Waals surface area contributed by atoms with E-state index in [1.807, 2.05) is 30.3 Å². The number of aryl methyl sites for hydroxylation is 2. The van der Waals surface area contributed by atoms with Gasteiger partial charge in [-0.3, -0.25) is 4.52 Å². The van der Waals surface area contributed by atoms with Gasteiger partial charge in [-0.2, -0.15) is 0 Å². The van der Waals surface area contributed by atoms with E-state index in [9.17, 15) is 5.11 Å². The Balaban J connectivity index is 1.49. The van der Waals surface area contributed by atoms with E-state index in [1.54, 1.807) is 6.20 Å². The van der Waals surface area contributed by atoms with E-state index in [-0.39, 0.29) is 5.88 Å². The fraction of sp³-hybridized carbons (Fsp3) is 0.273. The quantitative estimate of drug-likeness (QED) is 0.312. The predicted octanol–water partition coefficient (Wildman–Crippen LogP) is 3.24. The molecular weight excluding hydrogens is 398 g/mol. The molecule has 3 aromatic heterocycles. The number of para-hydroxylation sites is 1. The van der Waals surface area contributed by atoms with Crippen LogP contribution in [0.1, 0.15) is 41.8 Å². The first-order valence-electron chi connectivity index (χ1n) is 10.1. The largest absolute Gasteiger partial charge is 0.857 e. The number of nitrogen functional groups attached to an aromatic ring is 1. The maximum atomic E-state index is 12.8. The normalized spacial score (nSPS) is 15.0. The van der Waals surface area contributed by atoms with Crippen LogP contribution < -0.4 is 15.5 Å². The SMILES string of the molecule is Nc1c(/C([O-])=N/c2c[n+](-c3ccccc3)no2)sc2nc3c(cc12)CCCCCC3. The third kappa shape index (κ3) is 3.54. The van der Waals surface area contributed by atoms with E-state index in [2.05, 4.69) is 16.3 Å². The number of aliphatic imine (C=N–C) groups is 1. The van der Waals surface area contributed by atoms with Crippen LogP contribution in [-0.2, 0) is 12.8 Å². The summed E-state index contributed by atoms with van der Waals surface area (Å²) in [6.07, 6.45) is 8.38. The van der Waals surface area contributed by atoms with Crippen molar-refractivity contribution in [2.24, 2.45) is 4.99 Å². The number of rotatable bonds is 3. The summed E-state index contributed by atoms with van der Waals surface area (Å²) in [6, 6.07) is 11.6. The lowest BCUT2D eigenvalue weighted by atomic mass is 9.96. The summed E-state index contributed by atoms with van der Waals surface area (Å²) >= 11 is 1.29.